The van der Waals surface area contributed by atoms with Crippen LogP contribution in [0.5, 0.6) is 0 Å². The number of hydrogen-bond donors (Lipinski definition) is 2. The minimum absolute atomic E-state index is 0.0334. The second-order valence-corrected chi connectivity index (χ2v) is 6.05. The fraction of sp³-hybridized carbons (Fsp3) is 0.545. The maximum absolute atomic E-state index is 12.1. The molecule has 1 rings (SSSR count). The second-order valence-electron chi connectivity index (χ2n) is 3.93. The SMILES string of the molecule is CCC(COC)NS(=O)(=O)c1cnc(NC)c(Cl)c1. The number of sulfonamides is 1. The predicted octanol–water partition coefficient (Wildman–Crippen LogP) is 1.48. The van der Waals surface area contributed by atoms with E-state index in [1.807, 2.05) is 6.92 Å². The van der Waals surface area contributed by atoms with Gasteiger partial charge in [-0.1, -0.05) is 18.5 Å². The van der Waals surface area contributed by atoms with Crippen molar-refractivity contribution in [3.8, 4) is 0 Å². The van der Waals surface area contributed by atoms with Crippen molar-refractivity contribution >= 4 is 27.4 Å². The monoisotopic (exact) mass is 307 g/mol. The lowest BCUT2D eigenvalue weighted by atomic mass is 10.3. The maximum Gasteiger partial charge on any atom is 0.242 e. The minimum Gasteiger partial charge on any atom is -0.383 e. The number of methoxy groups -OCH3 is 1. The molecule has 0 aliphatic heterocycles. The summed E-state index contributed by atoms with van der Waals surface area (Å²) in [6, 6.07) is 1.08. The second kappa shape index (κ2) is 7.04. The summed E-state index contributed by atoms with van der Waals surface area (Å²) in [5.74, 6) is 0.435. The van der Waals surface area contributed by atoms with E-state index in [2.05, 4.69) is 15.0 Å². The normalized spacial score (nSPS) is 13.3. The quantitative estimate of drug-likeness (QED) is 0.797. The van der Waals surface area contributed by atoms with Gasteiger partial charge in [-0.15, -0.1) is 0 Å². The number of nitrogens with one attached hydrogen (secondary N) is 2. The van der Waals surface area contributed by atoms with Gasteiger partial charge in [0.1, 0.15) is 10.7 Å². The summed E-state index contributed by atoms with van der Waals surface area (Å²) in [7, 11) is -0.462. The van der Waals surface area contributed by atoms with Crippen LogP contribution in [0, 0.1) is 0 Å². The highest BCUT2D eigenvalue weighted by Gasteiger charge is 2.20. The molecule has 0 radical (unpaired) electrons. The molecule has 0 saturated heterocycles. The van der Waals surface area contributed by atoms with Crippen molar-refractivity contribution in [2.24, 2.45) is 0 Å². The molecule has 108 valence electrons. The summed E-state index contributed by atoms with van der Waals surface area (Å²) in [6.45, 7) is 2.19. The van der Waals surface area contributed by atoms with E-state index in [1.54, 1.807) is 7.05 Å². The van der Waals surface area contributed by atoms with Crippen LogP contribution in [0.2, 0.25) is 5.02 Å². The Morgan fingerprint density at radius 2 is 2.21 bits per heavy atom. The summed E-state index contributed by atoms with van der Waals surface area (Å²) < 4.78 is 31.8. The number of hydrogen-bond acceptors (Lipinski definition) is 5. The van der Waals surface area contributed by atoms with Gasteiger partial charge in [0.05, 0.1) is 11.6 Å². The van der Waals surface area contributed by atoms with Gasteiger partial charge in [0.15, 0.2) is 0 Å². The molecule has 6 nitrogen and oxygen atoms in total. The van der Waals surface area contributed by atoms with E-state index in [4.69, 9.17) is 16.3 Å². The summed E-state index contributed by atoms with van der Waals surface area (Å²) in [5, 5.41) is 3.02. The Labute approximate surface area is 118 Å². The number of nitrogens with zero attached hydrogens (tertiary/aromatic N) is 1. The number of ether oxygens (including phenoxy) is 1. The maximum atomic E-state index is 12.1. The first-order valence-electron chi connectivity index (χ1n) is 5.79. The Morgan fingerprint density at radius 3 is 2.68 bits per heavy atom. The fourth-order valence-corrected chi connectivity index (χ4v) is 3.07. The zero-order valence-corrected chi connectivity index (χ0v) is 12.7. The number of rotatable bonds is 7. The first kappa shape index (κ1) is 16.2. The fourth-order valence-electron chi connectivity index (χ4n) is 1.48. The van der Waals surface area contributed by atoms with Crippen LogP contribution in [0.4, 0.5) is 5.82 Å². The smallest absolute Gasteiger partial charge is 0.242 e. The lowest BCUT2D eigenvalue weighted by Gasteiger charge is -2.16. The molecule has 0 spiro atoms. The Hall–Kier alpha value is -0.890. The molecule has 0 bridgehead atoms. The van der Waals surface area contributed by atoms with Crippen molar-refractivity contribution in [1.82, 2.24) is 9.71 Å². The third-order valence-electron chi connectivity index (χ3n) is 2.55. The number of aromatic nitrogens is 1. The summed E-state index contributed by atoms with van der Waals surface area (Å²) in [4.78, 5) is 3.98. The van der Waals surface area contributed by atoms with Gasteiger partial charge in [-0.2, -0.15) is 0 Å². The van der Waals surface area contributed by atoms with Crippen molar-refractivity contribution in [3.63, 3.8) is 0 Å². The van der Waals surface area contributed by atoms with Crippen LogP contribution in [-0.4, -0.2) is 40.2 Å². The van der Waals surface area contributed by atoms with Crippen LogP contribution >= 0.6 is 11.6 Å². The topological polar surface area (TPSA) is 80.3 Å². The van der Waals surface area contributed by atoms with Crippen molar-refractivity contribution < 1.29 is 13.2 Å². The van der Waals surface area contributed by atoms with E-state index >= 15 is 0 Å². The van der Waals surface area contributed by atoms with Crippen LogP contribution < -0.4 is 10.0 Å². The Balaban J connectivity index is 2.96. The lowest BCUT2D eigenvalue weighted by Crippen LogP contribution is -2.37. The lowest BCUT2D eigenvalue weighted by molar-refractivity contribution is 0.173. The van der Waals surface area contributed by atoms with Gasteiger partial charge in [-0.05, 0) is 12.5 Å². The average Bonchev–Trinajstić information content (AvgIpc) is 2.37. The predicted molar refractivity (Wildman–Crippen MR) is 75.1 cm³/mol. The molecule has 0 aliphatic rings. The molecule has 1 atom stereocenters. The van der Waals surface area contributed by atoms with Crippen LogP contribution in [0.1, 0.15) is 13.3 Å². The average molecular weight is 308 g/mol. The van der Waals surface area contributed by atoms with Crippen LogP contribution in [0.15, 0.2) is 17.2 Å². The van der Waals surface area contributed by atoms with E-state index in [1.165, 1.54) is 19.4 Å². The number of anilines is 1. The highest BCUT2D eigenvalue weighted by Crippen LogP contribution is 2.22. The molecular formula is C11H18ClN3O3S. The van der Waals surface area contributed by atoms with Crippen LogP contribution in [-0.2, 0) is 14.8 Å². The molecule has 0 fully saturated rings. The molecule has 8 heteroatoms. The highest BCUT2D eigenvalue weighted by molar-refractivity contribution is 7.89. The largest absolute Gasteiger partial charge is 0.383 e. The van der Waals surface area contributed by atoms with Crippen LogP contribution in [0.25, 0.3) is 0 Å². The molecule has 0 aliphatic carbocycles. The zero-order chi connectivity index (χ0) is 14.5. The molecule has 19 heavy (non-hydrogen) atoms. The summed E-state index contributed by atoms with van der Waals surface area (Å²) >= 11 is 5.93. The highest BCUT2D eigenvalue weighted by atomic mass is 35.5. The van der Waals surface area contributed by atoms with Gasteiger partial charge < -0.3 is 10.1 Å². The third-order valence-corrected chi connectivity index (χ3v) is 4.32. The molecule has 1 aromatic rings. The van der Waals surface area contributed by atoms with Crippen molar-refractivity contribution in [2.75, 3.05) is 26.1 Å². The van der Waals surface area contributed by atoms with Gasteiger partial charge in [0, 0.05) is 26.4 Å². The van der Waals surface area contributed by atoms with E-state index in [0.29, 0.717) is 18.8 Å². The van der Waals surface area contributed by atoms with E-state index in [-0.39, 0.29) is 16.0 Å². The van der Waals surface area contributed by atoms with Crippen LogP contribution in [0.3, 0.4) is 0 Å². The van der Waals surface area contributed by atoms with E-state index in [9.17, 15) is 8.42 Å². The van der Waals surface area contributed by atoms with Crippen molar-refractivity contribution in [1.29, 1.82) is 0 Å². The third kappa shape index (κ3) is 4.31. The molecule has 0 amide bonds. The molecule has 0 aromatic carbocycles. The Morgan fingerprint density at radius 1 is 1.53 bits per heavy atom. The first-order valence-corrected chi connectivity index (χ1v) is 7.65. The minimum atomic E-state index is -3.65. The standard InChI is InChI=1S/C11H18ClN3O3S/c1-4-8(7-18-3)15-19(16,17)9-5-10(12)11(13-2)14-6-9/h5-6,8,15H,4,7H2,1-3H3,(H,13,14). The zero-order valence-electron chi connectivity index (χ0n) is 11.1. The Kier molecular flexibility index (Phi) is 5.99. The summed E-state index contributed by atoms with van der Waals surface area (Å²) in [5.41, 5.74) is 0. The van der Waals surface area contributed by atoms with Crippen molar-refractivity contribution in [2.45, 2.75) is 24.3 Å². The molecular weight excluding hydrogens is 290 g/mol. The molecule has 1 aromatic heterocycles. The van der Waals surface area contributed by atoms with E-state index < -0.39 is 10.0 Å². The Bertz CT molecular complexity index is 522. The van der Waals surface area contributed by atoms with Gasteiger partial charge in [-0.25, -0.2) is 18.1 Å². The molecule has 0 saturated carbocycles. The van der Waals surface area contributed by atoms with Crippen molar-refractivity contribution in [3.05, 3.63) is 17.3 Å². The number of halogens is 1. The molecule has 1 heterocycles. The van der Waals surface area contributed by atoms with Gasteiger partial charge in [0.25, 0.3) is 0 Å². The molecule has 2 N–H and O–H groups in total. The first-order chi connectivity index (χ1) is 8.94. The van der Waals surface area contributed by atoms with Gasteiger partial charge in [0.2, 0.25) is 10.0 Å². The van der Waals surface area contributed by atoms with Gasteiger partial charge in [-0.3, -0.25) is 0 Å². The summed E-state index contributed by atoms with van der Waals surface area (Å²) in [6.07, 6.45) is 1.89. The van der Waals surface area contributed by atoms with E-state index in [0.717, 1.165) is 0 Å². The number of pyridine rings is 1. The van der Waals surface area contributed by atoms with Gasteiger partial charge >= 0.3 is 0 Å². The molecule has 1 unspecified atom stereocenters.